The van der Waals surface area contributed by atoms with Crippen molar-refractivity contribution in [3.63, 3.8) is 0 Å². The van der Waals surface area contributed by atoms with Crippen molar-refractivity contribution in [3.8, 4) is 0 Å². The van der Waals surface area contributed by atoms with Crippen molar-refractivity contribution < 1.29 is 15.3 Å². The average molecular weight is 344 g/mol. The molecule has 0 saturated heterocycles. The lowest BCUT2D eigenvalue weighted by atomic mass is 10.00. The number of azide groups is 1. The first-order valence-electron chi connectivity index (χ1n) is 9.68. The maximum atomic E-state index is 9.86. The molecule has 0 aromatic rings. The van der Waals surface area contributed by atoms with E-state index < -0.39 is 24.9 Å². The molecule has 3 N–H and O–H groups in total. The van der Waals surface area contributed by atoms with E-state index in [0.717, 1.165) is 19.3 Å². The van der Waals surface area contributed by atoms with E-state index in [4.69, 9.17) is 10.6 Å². The van der Waals surface area contributed by atoms with Crippen molar-refractivity contribution in [2.24, 2.45) is 5.11 Å². The summed E-state index contributed by atoms with van der Waals surface area (Å²) in [5, 5.41) is 32.0. The zero-order valence-electron chi connectivity index (χ0n) is 15.3. The summed E-state index contributed by atoms with van der Waals surface area (Å²) in [5.41, 5.74) is 8.34. The number of rotatable bonds is 17. The molecule has 0 aliphatic carbocycles. The van der Waals surface area contributed by atoms with Crippen molar-refractivity contribution >= 4 is 0 Å². The summed E-state index contributed by atoms with van der Waals surface area (Å²) in [5.74, 6) is 0. The van der Waals surface area contributed by atoms with Crippen LogP contribution in [-0.4, -0.2) is 40.2 Å². The first kappa shape index (κ1) is 23.2. The number of hydrogen-bond acceptors (Lipinski definition) is 4. The van der Waals surface area contributed by atoms with Crippen LogP contribution in [0.25, 0.3) is 10.4 Å². The van der Waals surface area contributed by atoms with Crippen LogP contribution in [0.4, 0.5) is 0 Å². The van der Waals surface area contributed by atoms with Crippen LogP contribution in [0.2, 0.25) is 0 Å². The quantitative estimate of drug-likeness (QED) is 0.157. The van der Waals surface area contributed by atoms with Crippen molar-refractivity contribution in [2.75, 3.05) is 6.61 Å². The number of aliphatic hydroxyl groups is 3. The average Bonchev–Trinajstić information content (AvgIpc) is 2.59. The summed E-state index contributed by atoms with van der Waals surface area (Å²) in [6, 6.07) is -0.970. The van der Waals surface area contributed by atoms with E-state index in [1.54, 1.807) is 0 Å². The lowest BCUT2D eigenvalue weighted by molar-refractivity contribution is -0.0120. The monoisotopic (exact) mass is 343 g/mol. The van der Waals surface area contributed by atoms with Crippen molar-refractivity contribution in [1.82, 2.24) is 0 Å². The second kappa shape index (κ2) is 17.0. The molecule has 0 bridgehead atoms. The molecule has 142 valence electrons. The van der Waals surface area contributed by atoms with Gasteiger partial charge < -0.3 is 15.3 Å². The largest absolute Gasteiger partial charge is 0.396 e. The van der Waals surface area contributed by atoms with Crippen LogP contribution in [0.5, 0.6) is 0 Å². The molecule has 0 rings (SSSR count). The summed E-state index contributed by atoms with van der Waals surface area (Å²) in [7, 11) is 0. The van der Waals surface area contributed by atoms with Gasteiger partial charge in [0.15, 0.2) is 0 Å². The molecule has 3 unspecified atom stereocenters. The normalized spacial score (nSPS) is 14.8. The van der Waals surface area contributed by atoms with E-state index in [1.165, 1.54) is 57.8 Å². The Balaban J connectivity index is 3.47. The highest BCUT2D eigenvalue weighted by molar-refractivity contribution is 4.81. The van der Waals surface area contributed by atoms with Crippen LogP contribution >= 0.6 is 0 Å². The minimum absolute atomic E-state index is 0.458. The van der Waals surface area contributed by atoms with Gasteiger partial charge in [-0.15, -0.1) is 0 Å². The lowest BCUT2D eigenvalue weighted by Gasteiger charge is -2.21. The van der Waals surface area contributed by atoms with E-state index in [0.29, 0.717) is 6.42 Å². The Hall–Kier alpha value is -0.810. The first-order chi connectivity index (χ1) is 11.7. The highest BCUT2D eigenvalue weighted by Crippen LogP contribution is 2.15. The molecule has 0 amide bonds. The maximum absolute atomic E-state index is 9.86. The van der Waals surface area contributed by atoms with Crippen LogP contribution in [0, 0.1) is 0 Å². The molecule has 3 atom stereocenters. The Morgan fingerprint density at radius 1 is 0.833 bits per heavy atom. The topological polar surface area (TPSA) is 109 Å². The summed E-state index contributed by atoms with van der Waals surface area (Å²) in [4.78, 5) is 2.57. The molecular formula is C18H37N3O3. The minimum atomic E-state index is -1.20. The van der Waals surface area contributed by atoms with Gasteiger partial charge in [0.05, 0.1) is 24.9 Å². The fourth-order valence-corrected chi connectivity index (χ4v) is 2.90. The van der Waals surface area contributed by atoms with Crippen LogP contribution in [-0.2, 0) is 0 Å². The Labute approximate surface area is 146 Å². The van der Waals surface area contributed by atoms with E-state index in [9.17, 15) is 10.2 Å². The fraction of sp³-hybridized carbons (Fsp3) is 1.00. The molecule has 0 radical (unpaired) electrons. The van der Waals surface area contributed by atoms with Crippen LogP contribution < -0.4 is 0 Å². The molecule has 6 nitrogen and oxygen atoms in total. The lowest BCUT2D eigenvalue weighted by Crippen LogP contribution is -2.38. The Kier molecular flexibility index (Phi) is 16.5. The van der Waals surface area contributed by atoms with Gasteiger partial charge >= 0.3 is 0 Å². The van der Waals surface area contributed by atoms with Gasteiger partial charge in [-0.1, -0.05) is 89.1 Å². The highest BCUT2D eigenvalue weighted by Gasteiger charge is 2.24. The van der Waals surface area contributed by atoms with Gasteiger partial charge in [0.1, 0.15) is 0 Å². The third kappa shape index (κ3) is 12.6. The number of hydrogen-bond donors (Lipinski definition) is 3. The molecule has 0 aliphatic heterocycles. The van der Waals surface area contributed by atoms with E-state index in [-0.39, 0.29) is 0 Å². The van der Waals surface area contributed by atoms with Crippen LogP contribution in [0.15, 0.2) is 5.11 Å². The Morgan fingerprint density at radius 3 is 1.71 bits per heavy atom. The molecule has 6 heteroatoms. The van der Waals surface area contributed by atoms with Gasteiger partial charge in [-0.05, 0) is 12.0 Å². The molecular weight excluding hydrogens is 306 g/mol. The molecule has 0 aromatic heterocycles. The molecule has 0 aliphatic rings. The van der Waals surface area contributed by atoms with Crippen LogP contribution in [0.1, 0.15) is 90.4 Å². The zero-order valence-corrected chi connectivity index (χ0v) is 15.3. The predicted octanol–water partition coefficient (Wildman–Crippen LogP) is 4.47. The van der Waals surface area contributed by atoms with Gasteiger partial charge in [0, 0.05) is 4.91 Å². The van der Waals surface area contributed by atoms with Gasteiger partial charge in [0.25, 0.3) is 0 Å². The van der Waals surface area contributed by atoms with Gasteiger partial charge in [0.2, 0.25) is 0 Å². The number of aliphatic hydroxyl groups excluding tert-OH is 3. The summed E-state index contributed by atoms with van der Waals surface area (Å²) in [6.45, 7) is 1.78. The summed E-state index contributed by atoms with van der Waals surface area (Å²) >= 11 is 0. The van der Waals surface area contributed by atoms with Crippen LogP contribution in [0.3, 0.4) is 0 Å². The molecule has 0 heterocycles. The molecule has 0 spiro atoms. The van der Waals surface area contributed by atoms with Crippen molar-refractivity contribution in [3.05, 3.63) is 10.4 Å². The molecule has 24 heavy (non-hydrogen) atoms. The van der Waals surface area contributed by atoms with E-state index >= 15 is 0 Å². The predicted molar refractivity (Wildman–Crippen MR) is 97.7 cm³/mol. The number of nitrogens with zero attached hydrogens (tertiary/aromatic N) is 3. The number of unbranched alkanes of at least 4 members (excludes halogenated alkanes) is 11. The minimum Gasteiger partial charge on any atom is -0.396 e. The SMILES string of the molecule is CCCCCCCCCCCCCCC(O)C(O)C(CO)N=[N+]=[N-]. The third-order valence-corrected chi connectivity index (χ3v) is 4.53. The van der Waals surface area contributed by atoms with E-state index in [2.05, 4.69) is 16.9 Å². The second-order valence-corrected chi connectivity index (χ2v) is 6.69. The summed E-state index contributed by atoms with van der Waals surface area (Å²) in [6.07, 6.45) is 13.3. The van der Waals surface area contributed by atoms with Gasteiger partial charge in [-0.25, -0.2) is 0 Å². The fourth-order valence-electron chi connectivity index (χ4n) is 2.90. The maximum Gasteiger partial charge on any atom is 0.0905 e. The Morgan fingerprint density at radius 2 is 1.29 bits per heavy atom. The molecule has 0 saturated carbocycles. The van der Waals surface area contributed by atoms with Gasteiger partial charge in [-0.3, -0.25) is 0 Å². The van der Waals surface area contributed by atoms with Crippen molar-refractivity contribution in [2.45, 2.75) is 109 Å². The van der Waals surface area contributed by atoms with Gasteiger partial charge in [-0.2, -0.15) is 0 Å². The highest BCUT2D eigenvalue weighted by atomic mass is 16.3. The molecule has 0 aromatic carbocycles. The molecule has 0 fully saturated rings. The zero-order chi connectivity index (χ0) is 18.0. The first-order valence-corrected chi connectivity index (χ1v) is 9.68. The standard InChI is InChI=1S/C18H37N3O3/c1-2-3-4-5-6-7-8-9-10-11-12-13-14-17(23)18(24)16(15-22)20-21-19/h16-18,22-24H,2-15H2,1H3. The smallest absolute Gasteiger partial charge is 0.0905 e. The summed E-state index contributed by atoms with van der Waals surface area (Å²) < 4.78 is 0. The third-order valence-electron chi connectivity index (χ3n) is 4.53. The van der Waals surface area contributed by atoms with E-state index in [1.807, 2.05) is 0 Å². The van der Waals surface area contributed by atoms with Crippen molar-refractivity contribution in [1.29, 1.82) is 0 Å². The second-order valence-electron chi connectivity index (χ2n) is 6.69. The Bertz CT molecular complexity index is 323.